The molecule has 0 radical (unpaired) electrons. The summed E-state index contributed by atoms with van der Waals surface area (Å²) in [5, 5.41) is 0. The molecule has 1 aliphatic carbocycles. The highest BCUT2D eigenvalue weighted by Crippen LogP contribution is 2.39. The summed E-state index contributed by atoms with van der Waals surface area (Å²) < 4.78 is 0. The monoisotopic (exact) mass is 319 g/mol. The van der Waals surface area contributed by atoms with E-state index in [-0.39, 0.29) is 5.41 Å². The first-order valence-electron chi connectivity index (χ1n) is 9.39. The van der Waals surface area contributed by atoms with Gasteiger partial charge in [-0.3, -0.25) is 4.98 Å². The highest BCUT2D eigenvalue weighted by atomic mass is 14.7. The number of aromatic nitrogens is 1. The number of nitrogens with zero attached hydrogens (tertiary/aromatic N) is 1. The van der Waals surface area contributed by atoms with Crippen LogP contribution in [0.15, 0.2) is 36.4 Å². The van der Waals surface area contributed by atoms with Gasteiger partial charge in [0.25, 0.3) is 0 Å². The highest BCUT2D eigenvalue weighted by Gasteiger charge is 2.28. The van der Waals surface area contributed by atoms with E-state index in [1.165, 1.54) is 48.8 Å². The average molecular weight is 319 g/mol. The van der Waals surface area contributed by atoms with Crippen molar-refractivity contribution in [1.82, 2.24) is 4.98 Å². The van der Waals surface area contributed by atoms with Crippen LogP contribution in [0.5, 0.6) is 0 Å². The molecule has 1 fully saturated rings. The van der Waals surface area contributed by atoms with Crippen LogP contribution in [0.2, 0.25) is 0 Å². The predicted octanol–water partition coefficient (Wildman–Crippen LogP) is 4.53. The van der Waals surface area contributed by atoms with Gasteiger partial charge in [0, 0.05) is 5.56 Å². The molecule has 24 heavy (non-hydrogen) atoms. The zero-order valence-electron chi connectivity index (χ0n) is 15.9. The Bertz CT molecular complexity index is 704. The van der Waals surface area contributed by atoms with Crippen LogP contribution < -0.4 is 5.59 Å². The molecule has 1 heterocycles. The minimum atomic E-state index is 0.148. The van der Waals surface area contributed by atoms with Crippen molar-refractivity contribution in [2.45, 2.75) is 70.6 Å². The standard InChI is InChI=1S/C22H30BN/c1-21(2,3)18-12-13-19(24-20(18)23)16-8-10-17(11-9-16)22(4)14-6-5-7-15-22/h8-13H,5-7,14-15,23H2,1-4H3. The van der Waals surface area contributed by atoms with Crippen molar-refractivity contribution >= 4 is 13.4 Å². The molecule has 0 aliphatic heterocycles. The van der Waals surface area contributed by atoms with Crippen LogP contribution in [-0.4, -0.2) is 12.8 Å². The molecule has 1 saturated carbocycles. The smallest absolute Gasteiger partial charge is 0.164 e. The van der Waals surface area contributed by atoms with Crippen molar-refractivity contribution in [3.05, 3.63) is 47.5 Å². The first-order valence-corrected chi connectivity index (χ1v) is 9.39. The number of rotatable bonds is 2. The third-order valence-corrected chi connectivity index (χ3v) is 5.73. The summed E-state index contributed by atoms with van der Waals surface area (Å²) in [7, 11) is 2.13. The van der Waals surface area contributed by atoms with E-state index in [0.717, 1.165) is 11.3 Å². The van der Waals surface area contributed by atoms with Gasteiger partial charge in [-0.25, -0.2) is 0 Å². The SMILES string of the molecule is Bc1nc(-c2ccc(C3(C)CCCCC3)cc2)ccc1C(C)(C)C. The maximum atomic E-state index is 4.87. The van der Waals surface area contributed by atoms with Crippen molar-refractivity contribution in [3.63, 3.8) is 0 Å². The summed E-state index contributed by atoms with van der Waals surface area (Å²) in [6.45, 7) is 9.17. The molecule has 0 amide bonds. The fraction of sp³-hybridized carbons (Fsp3) is 0.500. The molecule has 0 unspecified atom stereocenters. The molecule has 0 spiro atoms. The second-order valence-electron chi connectivity index (χ2n) is 8.78. The van der Waals surface area contributed by atoms with E-state index in [1.807, 2.05) is 0 Å². The van der Waals surface area contributed by atoms with E-state index in [2.05, 4.69) is 71.9 Å². The van der Waals surface area contributed by atoms with E-state index < -0.39 is 0 Å². The lowest BCUT2D eigenvalue weighted by atomic mass is 9.71. The lowest BCUT2D eigenvalue weighted by molar-refractivity contribution is 0.319. The Morgan fingerprint density at radius 3 is 2.08 bits per heavy atom. The van der Waals surface area contributed by atoms with Crippen molar-refractivity contribution < 1.29 is 0 Å². The van der Waals surface area contributed by atoms with Crippen molar-refractivity contribution in [1.29, 1.82) is 0 Å². The lowest BCUT2D eigenvalue weighted by Crippen LogP contribution is -2.25. The largest absolute Gasteiger partial charge is 0.263 e. The molecule has 0 bridgehead atoms. The number of benzene rings is 1. The summed E-state index contributed by atoms with van der Waals surface area (Å²) in [4.78, 5) is 4.87. The molecule has 0 atom stereocenters. The molecule has 0 N–H and O–H groups in total. The Morgan fingerprint density at radius 1 is 0.917 bits per heavy atom. The fourth-order valence-corrected chi connectivity index (χ4v) is 4.18. The molecule has 1 aliphatic rings. The van der Waals surface area contributed by atoms with Gasteiger partial charge in [-0.1, -0.05) is 77.3 Å². The number of pyridine rings is 1. The molecule has 2 heteroatoms. The number of hydrogen-bond donors (Lipinski definition) is 0. The Labute approximate surface area is 148 Å². The van der Waals surface area contributed by atoms with Crippen LogP contribution in [0.4, 0.5) is 0 Å². The van der Waals surface area contributed by atoms with Gasteiger partial charge >= 0.3 is 0 Å². The lowest BCUT2D eigenvalue weighted by Gasteiger charge is -2.34. The molecule has 126 valence electrons. The first kappa shape index (κ1) is 17.3. The fourth-order valence-electron chi connectivity index (χ4n) is 4.18. The summed E-state index contributed by atoms with van der Waals surface area (Å²) in [6, 6.07) is 13.6. The van der Waals surface area contributed by atoms with Gasteiger partial charge in [0.15, 0.2) is 7.85 Å². The molecule has 1 aromatic carbocycles. The molecular weight excluding hydrogens is 289 g/mol. The maximum Gasteiger partial charge on any atom is 0.164 e. The molecule has 3 rings (SSSR count). The van der Waals surface area contributed by atoms with Gasteiger partial charge in [-0.05, 0) is 46.5 Å². The molecule has 1 aromatic heterocycles. The van der Waals surface area contributed by atoms with Crippen LogP contribution in [0, 0.1) is 0 Å². The zero-order valence-corrected chi connectivity index (χ0v) is 15.9. The summed E-state index contributed by atoms with van der Waals surface area (Å²) in [5.41, 5.74) is 6.79. The minimum Gasteiger partial charge on any atom is -0.263 e. The normalized spacial score (nSPS) is 17.7. The van der Waals surface area contributed by atoms with Crippen LogP contribution in [0.3, 0.4) is 0 Å². The van der Waals surface area contributed by atoms with E-state index in [1.54, 1.807) is 0 Å². The maximum absolute atomic E-state index is 4.87. The Kier molecular flexibility index (Phi) is 4.59. The third kappa shape index (κ3) is 3.43. The third-order valence-electron chi connectivity index (χ3n) is 5.73. The topological polar surface area (TPSA) is 12.9 Å². The minimum absolute atomic E-state index is 0.148. The quantitative estimate of drug-likeness (QED) is 0.741. The second kappa shape index (κ2) is 6.39. The molecule has 2 aromatic rings. The van der Waals surface area contributed by atoms with E-state index in [0.29, 0.717) is 5.41 Å². The summed E-state index contributed by atoms with van der Waals surface area (Å²) in [6.07, 6.45) is 6.78. The number of hydrogen-bond acceptors (Lipinski definition) is 1. The predicted molar refractivity (Wildman–Crippen MR) is 107 cm³/mol. The zero-order chi connectivity index (χ0) is 17.4. The highest BCUT2D eigenvalue weighted by molar-refractivity contribution is 6.32. The van der Waals surface area contributed by atoms with Crippen LogP contribution in [0.1, 0.15) is 70.9 Å². The van der Waals surface area contributed by atoms with Crippen LogP contribution in [-0.2, 0) is 10.8 Å². The molecule has 0 saturated heterocycles. The van der Waals surface area contributed by atoms with Crippen LogP contribution >= 0.6 is 0 Å². The first-order chi connectivity index (χ1) is 11.3. The van der Waals surface area contributed by atoms with Gasteiger partial charge in [0.05, 0.1) is 5.69 Å². The summed E-state index contributed by atoms with van der Waals surface area (Å²) >= 11 is 0. The van der Waals surface area contributed by atoms with Crippen LogP contribution in [0.25, 0.3) is 11.3 Å². The van der Waals surface area contributed by atoms with Gasteiger partial charge in [0.2, 0.25) is 0 Å². The Hall–Kier alpha value is -1.57. The Balaban J connectivity index is 1.87. The van der Waals surface area contributed by atoms with Gasteiger partial charge in [-0.2, -0.15) is 0 Å². The molecular formula is C22H30BN. The van der Waals surface area contributed by atoms with Crippen molar-refractivity contribution in [3.8, 4) is 11.3 Å². The second-order valence-corrected chi connectivity index (χ2v) is 8.78. The van der Waals surface area contributed by atoms with E-state index in [9.17, 15) is 0 Å². The van der Waals surface area contributed by atoms with Crippen molar-refractivity contribution in [2.24, 2.45) is 0 Å². The molecule has 1 nitrogen and oxygen atoms in total. The Morgan fingerprint density at radius 2 is 1.54 bits per heavy atom. The average Bonchev–Trinajstić information content (AvgIpc) is 2.54. The van der Waals surface area contributed by atoms with E-state index >= 15 is 0 Å². The van der Waals surface area contributed by atoms with Gasteiger partial charge in [-0.15, -0.1) is 0 Å². The van der Waals surface area contributed by atoms with Crippen molar-refractivity contribution in [2.75, 3.05) is 0 Å². The van der Waals surface area contributed by atoms with E-state index in [4.69, 9.17) is 4.98 Å². The van der Waals surface area contributed by atoms with Gasteiger partial charge < -0.3 is 0 Å². The van der Waals surface area contributed by atoms with Gasteiger partial charge in [0.1, 0.15) is 0 Å². The summed E-state index contributed by atoms with van der Waals surface area (Å²) in [5.74, 6) is 0.